The average molecular weight is 927 g/mol. The van der Waals surface area contributed by atoms with Crippen molar-refractivity contribution < 1.29 is 73.1 Å². The number of aromatic hydroxyl groups is 1. The summed E-state index contributed by atoms with van der Waals surface area (Å²) in [4.78, 5) is 127. The molecule has 0 unspecified atom stereocenters. The molecule has 6 atom stereocenters. The molecule has 13 N–H and O–H groups in total. The Hall–Kier alpha value is -7.30. The van der Waals surface area contributed by atoms with Gasteiger partial charge < -0.3 is 68.1 Å². The maximum Gasteiger partial charge on any atom is 0.408 e. The molecule has 23 heteroatoms. The number of carbonyl (C=O) groups is 10. The van der Waals surface area contributed by atoms with Gasteiger partial charge in [-0.2, -0.15) is 0 Å². The van der Waals surface area contributed by atoms with Gasteiger partial charge in [0.05, 0.1) is 13.2 Å². The number of rotatable bonds is 26. The first-order valence-electron chi connectivity index (χ1n) is 21.2. The molecule has 1 saturated carbocycles. The van der Waals surface area contributed by atoms with Gasteiger partial charge in [0.2, 0.25) is 41.4 Å². The SMILES string of the molecule is C[C@H](NC(=O)OCc1ccccc1)C(=O)NCC(=O)N[C@@H](CCC(=O)O)C(=O)N[C@@H](CO)C(=O)N[C@H](C(=O)N[C@@H](Cc1ccc(O)cc1)C(=O)N[C@@H](CCC(=O)O)C(N)=O)C1CCCCC1. The van der Waals surface area contributed by atoms with Gasteiger partial charge in [0, 0.05) is 19.3 Å². The molecule has 0 bridgehead atoms. The molecule has 1 aliphatic carbocycles. The second kappa shape index (κ2) is 27.1. The molecule has 8 amide bonds. The van der Waals surface area contributed by atoms with Gasteiger partial charge in [-0.15, -0.1) is 0 Å². The monoisotopic (exact) mass is 926 g/mol. The molecule has 0 aromatic heterocycles. The Labute approximate surface area is 379 Å². The van der Waals surface area contributed by atoms with Gasteiger partial charge in [-0.25, -0.2) is 4.79 Å². The maximum atomic E-state index is 14.1. The van der Waals surface area contributed by atoms with E-state index in [9.17, 15) is 63.3 Å². The summed E-state index contributed by atoms with van der Waals surface area (Å²) in [7, 11) is 0. The Morgan fingerprint density at radius 1 is 0.652 bits per heavy atom. The third-order valence-electron chi connectivity index (χ3n) is 10.5. The number of carboxylic acids is 2. The van der Waals surface area contributed by atoms with E-state index in [0.29, 0.717) is 36.8 Å². The molecule has 2 aromatic carbocycles. The summed E-state index contributed by atoms with van der Waals surface area (Å²) >= 11 is 0. The van der Waals surface area contributed by atoms with Crippen molar-refractivity contribution in [2.45, 2.75) is 114 Å². The number of benzene rings is 2. The van der Waals surface area contributed by atoms with Gasteiger partial charge in [-0.3, -0.25) is 43.2 Å². The summed E-state index contributed by atoms with van der Waals surface area (Å²) in [6.45, 7) is -0.492. The minimum atomic E-state index is -1.75. The smallest absolute Gasteiger partial charge is 0.408 e. The molecule has 0 saturated heterocycles. The Bertz CT molecular complexity index is 2010. The summed E-state index contributed by atoms with van der Waals surface area (Å²) in [5.41, 5.74) is 6.57. The zero-order chi connectivity index (χ0) is 48.8. The third kappa shape index (κ3) is 18.8. The van der Waals surface area contributed by atoms with Crippen LogP contribution in [0.25, 0.3) is 0 Å². The van der Waals surface area contributed by atoms with E-state index >= 15 is 0 Å². The Balaban J connectivity index is 1.72. The summed E-state index contributed by atoms with van der Waals surface area (Å²) in [6.07, 6.45) is -0.00503. The lowest BCUT2D eigenvalue weighted by Crippen LogP contribution is -2.61. The molecule has 0 radical (unpaired) electrons. The van der Waals surface area contributed by atoms with Crippen molar-refractivity contribution >= 4 is 59.4 Å². The molecule has 0 aliphatic heterocycles. The van der Waals surface area contributed by atoms with Crippen LogP contribution in [0.5, 0.6) is 5.75 Å². The van der Waals surface area contributed by atoms with Crippen molar-refractivity contribution in [2.75, 3.05) is 13.2 Å². The van der Waals surface area contributed by atoms with E-state index < -0.39 is 134 Å². The van der Waals surface area contributed by atoms with Gasteiger partial charge in [-0.1, -0.05) is 61.7 Å². The van der Waals surface area contributed by atoms with E-state index in [1.807, 2.05) is 0 Å². The molecule has 2 aromatic rings. The van der Waals surface area contributed by atoms with Crippen LogP contribution in [-0.2, 0) is 60.9 Å². The molecule has 360 valence electrons. The van der Waals surface area contributed by atoms with Crippen LogP contribution in [0.15, 0.2) is 54.6 Å². The summed E-state index contributed by atoms with van der Waals surface area (Å²) in [5, 5.41) is 55.1. The summed E-state index contributed by atoms with van der Waals surface area (Å²) in [6, 6.07) is 5.63. The predicted octanol–water partition coefficient (Wildman–Crippen LogP) is -1.42. The highest BCUT2D eigenvalue weighted by molar-refractivity contribution is 5.97. The normalized spacial score (nSPS) is 15.1. The first kappa shape index (κ1) is 53.0. The number of aliphatic hydroxyl groups excluding tert-OH is 1. The van der Waals surface area contributed by atoms with Gasteiger partial charge in [0.15, 0.2) is 0 Å². The van der Waals surface area contributed by atoms with Crippen molar-refractivity contribution in [1.29, 1.82) is 0 Å². The fourth-order valence-electron chi connectivity index (χ4n) is 6.86. The van der Waals surface area contributed by atoms with Gasteiger partial charge in [0.1, 0.15) is 48.6 Å². The van der Waals surface area contributed by atoms with E-state index in [2.05, 4.69) is 37.2 Å². The average Bonchev–Trinajstić information content (AvgIpc) is 3.29. The first-order valence-corrected chi connectivity index (χ1v) is 21.2. The number of carboxylic acid groups (broad SMARTS) is 2. The third-order valence-corrected chi connectivity index (χ3v) is 10.5. The van der Waals surface area contributed by atoms with Crippen molar-refractivity contribution in [2.24, 2.45) is 11.7 Å². The number of ether oxygens (including phenoxy) is 1. The van der Waals surface area contributed by atoms with E-state index in [4.69, 9.17) is 15.6 Å². The number of carbonyl (C=O) groups excluding carboxylic acids is 8. The lowest BCUT2D eigenvalue weighted by atomic mass is 9.83. The number of phenols is 1. The molecule has 1 aliphatic rings. The molecule has 0 heterocycles. The number of amides is 8. The lowest BCUT2D eigenvalue weighted by molar-refractivity contribution is -0.139. The number of phenolic OH excluding ortho intramolecular Hbond substituents is 1. The number of aliphatic hydroxyl groups is 1. The van der Waals surface area contributed by atoms with E-state index in [1.165, 1.54) is 31.2 Å². The number of nitrogens with one attached hydrogen (secondary N) is 7. The van der Waals surface area contributed by atoms with Crippen LogP contribution < -0.4 is 43.0 Å². The zero-order valence-corrected chi connectivity index (χ0v) is 36.3. The minimum absolute atomic E-state index is 0.0665. The molecule has 3 rings (SSSR count). The van der Waals surface area contributed by atoms with Crippen molar-refractivity contribution in [3.63, 3.8) is 0 Å². The molecular formula is C43H58N8O15. The molecule has 23 nitrogen and oxygen atoms in total. The maximum absolute atomic E-state index is 14.1. The topological polar surface area (TPSA) is 371 Å². The fraction of sp³-hybridized carbons (Fsp3) is 0.488. The van der Waals surface area contributed by atoms with Crippen LogP contribution in [0.3, 0.4) is 0 Å². The number of hydrogen-bond donors (Lipinski definition) is 12. The van der Waals surface area contributed by atoms with Crippen LogP contribution in [0.1, 0.15) is 75.8 Å². The predicted molar refractivity (Wildman–Crippen MR) is 230 cm³/mol. The number of aliphatic carboxylic acids is 2. The zero-order valence-electron chi connectivity index (χ0n) is 36.3. The van der Waals surface area contributed by atoms with Crippen molar-refractivity contribution in [3.8, 4) is 5.75 Å². The molecule has 66 heavy (non-hydrogen) atoms. The number of nitrogens with two attached hydrogens (primary N) is 1. The van der Waals surface area contributed by atoms with Crippen LogP contribution >= 0.6 is 0 Å². The summed E-state index contributed by atoms with van der Waals surface area (Å²) in [5.74, 6) is -9.91. The van der Waals surface area contributed by atoms with Crippen molar-refractivity contribution in [3.05, 3.63) is 65.7 Å². The summed E-state index contributed by atoms with van der Waals surface area (Å²) < 4.78 is 5.08. The molecule has 0 spiro atoms. The number of primary amides is 1. The second-order valence-electron chi connectivity index (χ2n) is 15.7. The standard InChI is InChI=1S/C43H58N8O15/c1-24(46-43(65)66-23-26-8-4-2-5-9-26)38(60)45-21-33(54)47-30(17-19-35(57)58)39(61)50-32(22-52)41(63)51-36(27-10-6-3-7-11-27)42(64)49-31(20-25-12-14-28(53)15-13-25)40(62)48-29(37(44)59)16-18-34(55)56/h2,4-5,8-9,12-15,24,27,29-32,36,52-53H,3,6-7,10-11,16-23H2,1H3,(H2,44,59)(H,45,60)(H,46,65)(H,47,54)(H,48,62)(H,49,64)(H,50,61)(H,51,63)(H,55,56)(H,57,58)/t24-,29-,30-,31-,32-,36-/m0/s1. The fourth-order valence-corrected chi connectivity index (χ4v) is 6.86. The van der Waals surface area contributed by atoms with Gasteiger partial charge in [-0.05, 0) is 61.8 Å². The van der Waals surface area contributed by atoms with E-state index in [1.54, 1.807) is 30.3 Å². The second-order valence-corrected chi connectivity index (χ2v) is 15.7. The highest BCUT2D eigenvalue weighted by atomic mass is 16.5. The van der Waals surface area contributed by atoms with Gasteiger partial charge >= 0.3 is 18.0 Å². The molecule has 1 fully saturated rings. The highest BCUT2D eigenvalue weighted by Crippen LogP contribution is 2.27. The lowest BCUT2D eigenvalue weighted by Gasteiger charge is -2.32. The van der Waals surface area contributed by atoms with Crippen LogP contribution in [0, 0.1) is 5.92 Å². The first-order chi connectivity index (χ1) is 31.4. The van der Waals surface area contributed by atoms with Crippen LogP contribution in [0.2, 0.25) is 0 Å². The Morgan fingerprint density at radius 3 is 1.80 bits per heavy atom. The Kier molecular flexibility index (Phi) is 21.8. The highest BCUT2D eigenvalue weighted by Gasteiger charge is 2.36. The Morgan fingerprint density at radius 2 is 1.21 bits per heavy atom. The minimum Gasteiger partial charge on any atom is -0.508 e. The van der Waals surface area contributed by atoms with Crippen molar-refractivity contribution in [1.82, 2.24) is 37.2 Å². The van der Waals surface area contributed by atoms with Crippen LogP contribution in [0.4, 0.5) is 4.79 Å². The van der Waals surface area contributed by atoms with Crippen LogP contribution in [-0.4, -0.2) is 129 Å². The number of hydrogen-bond acceptors (Lipinski definition) is 13. The largest absolute Gasteiger partial charge is 0.508 e. The number of alkyl carbamates (subject to hydrolysis) is 1. The van der Waals surface area contributed by atoms with E-state index in [-0.39, 0.29) is 25.2 Å². The van der Waals surface area contributed by atoms with E-state index in [0.717, 1.165) is 6.42 Å². The quantitative estimate of drug-likeness (QED) is 0.0515. The molecular weight excluding hydrogens is 869 g/mol. The van der Waals surface area contributed by atoms with Gasteiger partial charge in [0.25, 0.3) is 0 Å².